The SMILES string of the molecule is Oc1ccc(-c2cc(-c3nc4ccccc4s3)ccc2/N=N/c2ccccc2)c2ccccc12. The molecule has 34 heavy (non-hydrogen) atoms. The van der Waals surface area contributed by atoms with E-state index in [0.717, 1.165) is 54.1 Å². The molecule has 0 saturated carbocycles. The summed E-state index contributed by atoms with van der Waals surface area (Å²) < 4.78 is 1.15. The van der Waals surface area contributed by atoms with Crippen molar-refractivity contribution in [1.82, 2.24) is 4.98 Å². The van der Waals surface area contributed by atoms with Gasteiger partial charge in [-0.2, -0.15) is 5.11 Å². The number of para-hydroxylation sites is 1. The largest absolute Gasteiger partial charge is 0.507 e. The van der Waals surface area contributed by atoms with E-state index >= 15 is 0 Å². The molecule has 0 aliphatic heterocycles. The molecule has 0 amide bonds. The van der Waals surface area contributed by atoms with Gasteiger partial charge < -0.3 is 5.11 Å². The summed E-state index contributed by atoms with van der Waals surface area (Å²) in [7, 11) is 0. The molecule has 0 atom stereocenters. The third-order valence-corrected chi connectivity index (χ3v) is 6.84. The van der Waals surface area contributed by atoms with Gasteiger partial charge in [-0.25, -0.2) is 4.98 Å². The normalized spacial score (nSPS) is 11.5. The molecular weight excluding hydrogens is 438 g/mol. The van der Waals surface area contributed by atoms with Crippen LogP contribution in [-0.2, 0) is 0 Å². The molecular formula is C29H19N3OS. The lowest BCUT2D eigenvalue weighted by atomic mass is 9.95. The molecule has 0 unspecified atom stereocenters. The van der Waals surface area contributed by atoms with Crippen LogP contribution < -0.4 is 0 Å². The van der Waals surface area contributed by atoms with E-state index in [1.54, 1.807) is 17.4 Å². The molecule has 0 saturated heterocycles. The minimum atomic E-state index is 0.258. The van der Waals surface area contributed by atoms with Gasteiger partial charge in [0.15, 0.2) is 0 Å². The van der Waals surface area contributed by atoms with Crippen LogP contribution in [0.2, 0.25) is 0 Å². The fourth-order valence-corrected chi connectivity index (χ4v) is 5.05. The van der Waals surface area contributed by atoms with Crippen LogP contribution in [0.4, 0.5) is 11.4 Å². The van der Waals surface area contributed by atoms with Crippen LogP contribution >= 0.6 is 11.3 Å². The second-order valence-electron chi connectivity index (χ2n) is 7.93. The predicted molar refractivity (Wildman–Crippen MR) is 140 cm³/mol. The number of azo groups is 1. The summed E-state index contributed by atoms with van der Waals surface area (Å²) in [4.78, 5) is 4.84. The summed E-state index contributed by atoms with van der Waals surface area (Å²) in [6, 6.07) is 35.6. The zero-order valence-electron chi connectivity index (χ0n) is 18.1. The number of hydrogen-bond acceptors (Lipinski definition) is 5. The molecule has 6 aromatic rings. The van der Waals surface area contributed by atoms with Crippen LogP contribution in [0, 0.1) is 0 Å². The lowest BCUT2D eigenvalue weighted by molar-refractivity contribution is 0.481. The molecule has 0 aliphatic carbocycles. The summed E-state index contributed by atoms with van der Waals surface area (Å²) in [5, 5.41) is 22.2. The number of benzene rings is 5. The number of aromatic hydroxyl groups is 1. The molecule has 0 spiro atoms. The Labute approximate surface area is 200 Å². The molecule has 162 valence electrons. The molecule has 1 heterocycles. The Morgan fingerprint density at radius 1 is 0.647 bits per heavy atom. The van der Waals surface area contributed by atoms with Gasteiger partial charge in [0.05, 0.1) is 21.6 Å². The Morgan fingerprint density at radius 2 is 1.41 bits per heavy atom. The van der Waals surface area contributed by atoms with Crippen molar-refractivity contribution in [3.05, 3.63) is 109 Å². The molecule has 0 radical (unpaired) electrons. The number of hydrogen-bond donors (Lipinski definition) is 1. The van der Waals surface area contributed by atoms with Crippen LogP contribution in [0.3, 0.4) is 0 Å². The highest BCUT2D eigenvalue weighted by molar-refractivity contribution is 7.21. The van der Waals surface area contributed by atoms with Gasteiger partial charge in [-0.05, 0) is 65.5 Å². The fourth-order valence-electron chi connectivity index (χ4n) is 4.09. The topological polar surface area (TPSA) is 57.8 Å². The van der Waals surface area contributed by atoms with Crippen molar-refractivity contribution < 1.29 is 5.11 Å². The van der Waals surface area contributed by atoms with Crippen molar-refractivity contribution in [2.75, 3.05) is 0 Å². The maximum atomic E-state index is 10.4. The van der Waals surface area contributed by atoms with Gasteiger partial charge in [0.1, 0.15) is 10.8 Å². The van der Waals surface area contributed by atoms with Gasteiger partial charge in [0.2, 0.25) is 0 Å². The van der Waals surface area contributed by atoms with Crippen LogP contribution in [-0.4, -0.2) is 10.1 Å². The van der Waals surface area contributed by atoms with Gasteiger partial charge in [-0.15, -0.1) is 16.5 Å². The zero-order chi connectivity index (χ0) is 22.9. The number of fused-ring (bicyclic) bond motifs is 2. The standard InChI is InChI=1S/C29H19N3OS/c33-27-17-15-22(21-10-4-5-11-23(21)27)24-18-19(29-30-26-12-6-7-13-28(26)34-29)14-16-25(24)32-31-20-8-2-1-3-9-20/h1-18,33H/b32-31+. The molecule has 5 aromatic carbocycles. The molecule has 1 N–H and O–H groups in total. The molecule has 1 aromatic heterocycles. The van der Waals surface area contributed by atoms with Crippen LogP contribution in [0.15, 0.2) is 119 Å². The summed E-state index contributed by atoms with van der Waals surface area (Å²) >= 11 is 1.67. The van der Waals surface area contributed by atoms with Gasteiger partial charge in [0, 0.05) is 16.5 Å². The van der Waals surface area contributed by atoms with Gasteiger partial charge in [-0.3, -0.25) is 0 Å². The van der Waals surface area contributed by atoms with E-state index in [-0.39, 0.29) is 5.75 Å². The van der Waals surface area contributed by atoms with E-state index in [1.807, 2.05) is 91.0 Å². The smallest absolute Gasteiger partial charge is 0.124 e. The predicted octanol–water partition coefficient (Wildman–Crippen LogP) is 8.90. The van der Waals surface area contributed by atoms with Gasteiger partial charge in [0.25, 0.3) is 0 Å². The molecule has 0 aliphatic rings. The van der Waals surface area contributed by atoms with Crippen molar-refractivity contribution in [2.45, 2.75) is 0 Å². The Balaban J connectivity index is 1.56. The molecule has 5 heteroatoms. The molecule has 4 nitrogen and oxygen atoms in total. The number of phenols is 1. The average Bonchev–Trinajstić information content (AvgIpc) is 3.33. The number of nitrogens with zero attached hydrogens (tertiary/aromatic N) is 3. The summed E-state index contributed by atoms with van der Waals surface area (Å²) in [6.45, 7) is 0. The molecule has 6 rings (SSSR count). The van der Waals surface area contributed by atoms with E-state index in [9.17, 15) is 5.11 Å². The second kappa shape index (κ2) is 8.54. The number of phenolic OH excluding ortho intramolecular Hbond substituents is 1. The summed E-state index contributed by atoms with van der Waals surface area (Å²) in [5.41, 5.74) is 5.48. The van der Waals surface area contributed by atoms with E-state index in [1.165, 1.54) is 0 Å². The first-order chi connectivity index (χ1) is 16.8. The monoisotopic (exact) mass is 457 g/mol. The van der Waals surface area contributed by atoms with Crippen LogP contribution in [0.5, 0.6) is 5.75 Å². The summed E-state index contributed by atoms with van der Waals surface area (Å²) in [6.07, 6.45) is 0. The Morgan fingerprint density at radius 3 is 2.26 bits per heavy atom. The first-order valence-electron chi connectivity index (χ1n) is 10.9. The first kappa shape index (κ1) is 20.3. The maximum Gasteiger partial charge on any atom is 0.124 e. The minimum Gasteiger partial charge on any atom is -0.507 e. The number of aromatic nitrogens is 1. The van der Waals surface area contributed by atoms with Crippen molar-refractivity contribution >= 4 is 43.7 Å². The van der Waals surface area contributed by atoms with Crippen molar-refractivity contribution in [2.24, 2.45) is 10.2 Å². The van der Waals surface area contributed by atoms with E-state index in [2.05, 4.69) is 22.4 Å². The highest BCUT2D eigenvalue weighted by atomic mass is 32.1. The van der Waals surface area contributed by atoms with Crippen molar-refractivity contribution in [3.63, 3.8) is 0 Å². The highest BCUT2D eigenvalue weighted by Crippen LogP contribution is 2.41. The Kier molecular flexibility index (Phi) is 5.09. The number of thiazole rings is 1. The second-order valence-corrected chi connectivity index (χ2v) is 8.96. The van der Waals surface area contributed by atoms with Crippen LogP contribution in [0.25, 0.3) is 42.7 Å². The maximum absolute atomic E-state index is 10.4. The Hall–Kier alpha value is -4.35. The minimum absolute atomic E-state index is 0.258. The lowest BCUT2D eigenvalue weighted by Crippen LogP contribution is -1.85. The average molecular weight is 458 g/mol. The molecule has 0 bridgehead atoms. The lowest BCUT2D eigenvalue weighted by Gasteiger charge is -2.12. The third kappa shape index (κ3) is 3.72. The summed E-state index contributed by atoms with van der Waals surface area (Å²) in [5.74, 6) is 0.258. The first-order valence-corrected chi connectivity index (χ1v) is 11.8. The van der Waals surface area contributed by atoms with Gasteiger partial charge >= 0.3 is 0 Å². The quantitative estimate of drug-likeness (QED) is 0.269. The number of rotatable bonds is 4. The van der Waals surface area contributed by atoms with Crippen LogP contribution in [0.1, 0.15) is 0 Å². The van der Waals surface area contributed by atoms with Crippen molar-refractivity contribution in [1.29, 1.82) is 0 Å². The van der Waals surface area contributed by atoms with E-state index in [4.69, 9.17) is 4.98 Å². The molecule has 0 fully saturated rings. The third-order valence-electron chi connectivity index (χ3n) is 5.76. The Bertz CT molecular complexity index is 1640. The highest BCUT2D eigenvalue weighted by Gasteiger charge is 2.14. The fraction of sp³-hybridized carbons (Fsp3) is 0. The zero-order valence-corrected chi connectivity index (χ0v) is 18.9. The van der Waals surface area contributed by atoms with E-state index < -0.39 is 0 Å². The van der Waals surface area contributed by atoms with Crippen molar-refractivity contribution in [3.8, 4) is 27.4 Å². The van der Waals surface area contributed by atoms with E-state index in [0.29, 0.717) is 0 Å². The van der Waals surface area contributed by atoms with Gasteiger partial charge in [-0.1, -0.05) is 54.6 Å².